The fourth-order valence-electron chi connectivity index (χ4n) is 1.59. The molecule has 0 saturated carbocycles. The van der Waals surface area contributed by atoms with Gasteiger partial charge in [0.1, 0.15) is 0 Å². The van der Waals surface area contributed by atoms with E-state index in [0.717, 1.165) is 18.0 Å². The summed E-state index contributed by atoms with van der Waals surface area (Å²) in [7, 11) is 0. The van der Waals surface area contributed by atoms with E-state index in [1.54, 1.807) is 0 Å². The van der Waals surface area contributed by atoms with Crippen molar-refractivity contribution in [2.45, 2.75) is 32.2 Å². The van der Waals surface area contributed by atoms with E-state index in [9.17, 15) is 4.79 Å². The summed E-state index contributed by atoms with van der Waals surface area (Å²) in [5.41, 5.74) is 2.48. The maximum Gasteiger partial charge on any atom is 0.316 e. The Morgan fingerprint density at radius 2 is 2.17 bits per heavy atom. The van der Waals surface area contributed by atoms with E-state index in [0.29, 0.717) is 12.4 Å². The highest BCUT2D eigenvalue weighted by molar-refractivity contribution is 8.00. The molecule has 0 bridgehead atoms. The van der Waals surface area contributed by atoms with E-state index in [1.165, 1.54) is 22.9 Å². The first kappa shape index (κ1) is 15.1. The normalized spacial score (nSPS) is 10.4. The van der Waals surface area contributed by atoms with Gasteiger partial charge in [0, 0.05) is 11.4 Å². The largest absolute Gasteiger partial charge is 0.465 e. The predicted octanol–water partition coefficient (Wildman–Crippen LogP) is 2.76. The van der Waals surface area contributed by atoms with Crippen LogP contribution in [0.4, 0.5) is 0 Å². The molecule has 0 spiro atoms. The van der Waals surface area contributed by atoms with Crippen molar-refractivity contribution in [3.05, 3.63) is 29.3 Å². The summed E-state index contributed by atoms with van der Waals surface area (Å²) in [4.78, 5) is 12.4. The van der Waals surface area contributed by atoms with Crippen molar-refractivity contribution in [2.75, 3.05) is 18.9 Å². The van der Waals surface area contributed by atoms with Crippen LogP contribution in [0.3, 0.4) is 0 Å². The van der Waals surface area contributed by atoms with Crippen LogP contribution >= 0.6 is 11.8 Å². The number of hydrogen-bond donors (Lipinski definition) is 1. The Balaban J connectivity index is 2.54. The Kier molecular flexibility index (Phi) is 6.83. The second kappa shape index (κ2) is 8.16. The number of thioether (sulfide) groups is 1. The molecule has 0 radical (unpaired) electrons. The van der Waals surface area contributed by atoms with Crippen LogP contribution < -0.4 is 5.32 Å². The van der Waals surface area contributed by atoms with Gasteiger partial charge in [-0.25, -0.2) is 0 Å². The van der Waals surface area contributed by atoms with Gasteiger partial charge in [0.15, 0.2) is 0 Å². The molecule has 0 aromatic heterocycles. The summed E-state index contributed by atoms with van der Waals surface area (Å²) in [6.07, 6.45) is 0. The third kappa shape index (κ3) is 5.10. The Morgan fingerprint density at radius 3 is 2.78 bits per heavy atom. The summed E-state index contributed by atoms with van der Waals surface area (Å²) >= 11 is 1.53. The number of esters is 1. The van der Waals surface area contributed by atoms with E-state index in [1.807, 2.05) is 6.92 Å². The Labute approximate surface area is 113 Å². The molecular formula is C14H21NO2S. The van der Waals surface area contributed by atoms with Crippen LogP contribution in [0.5, 0.6) is 0 Å². The fraction of sp³-hybridized carbons (Fsp3) is 0.500. The Hall–Kier alpha value is -1.00. The molecule has 0 atom stereocenters. The van der Waals surface area contributed by atoms with E-state index >= 15 is 0 Å². The van der Waals surface area contributed by atoms with Crippen LogP contribution in [0.2, 0.25) is 0 Å². The molecule has 100 valence electrons. The van der Waals surface area contributed by atoms with Crippen LogP contribution in [0.25, 0.3) is 0 Å². The quantitative estimate of drug-likeness (QED) is 0.609. The number of rotatable bonds is 7. The molecule has 3 nitrogen and oxygen atoms in total. The van der Waals surface area contributed by atoms with E-state index in [-0.39, 0.29) is 5.97 Å². The monoisotopic (exact) mass is 267 g/mol. The van der Waals surface area contributed by atoms with Crippen molar-refractivity contribution in [1.82, 2.24) is 5.32 Å². The molecule has 4 heteroatoms. The Morgan fingerprint density at radius 1 is 1.39 bits per heavy atom. The summed E-state index contributed by atoms with van der Waals surface area (Å²) < 4.78 is 4.91. The van der Waals surface area contributed by atoms with Crippen molar-refractivity contribution in [3.8, 4) is 0 Å². The molecular weight excluding hydrogens is 246 g/mol. The SMILES string of the molecule is CCNCc1ccc(SCC(=O)OCC)c(C)c1. The zero-order valence-electron chi connectivity index (χ0n) is 11.3. The first-order valence-electron chi connectivity index (χ1n) is 6.26. The van der Waals surface area contributed by atoms with Gasteiger partial charge in [-0.15, -0.1) is 11.8 Å². The Bertz CT molecular complexity index is 393. The van der Waals surface area contributed by atoms with Crippen molar-refractivity contribution < 1.29 is 9.53 Å². The van der Waals surface area contributed by atoms with Gasteiger partial charge < -0.3 is 10.1 Å². The predicted molar refractivity (Wildman–Crippen MR) is 75.9 cm³/mol. The van der Waals surface area contributed by atoms with Gasteiger partial charge in [0.05, 0.1) is 12.4 Å². The van der Waals surface area contributed by atoms with E-state index < -0.39 is 0 Å². The molecule has 0 unspecified atom stereocenters. The minimum atomic E-state index is -0.154. The average molecular weight is 267 g/mol. The number of benzene rings is 1. The first-order chi connectivity index (χ1) is 8.67. The highest BCUT2D eigenvalue weighted by Gasteiger charge is 2.05. The third-order valence-corrected chi connectivity index (χ3v) is 3.62. The number of nitrogens with one attached hydrogen (secondary N) is 1. The lowest BCUT2D eigenvalue weighted by molar-refractivity contribution is -0.139. The van der Waals surface area contributed by atoms with E-state index in [4.69, 9.17) is 4.74 Å². The van der Waals surface area contributed by atoms with Gasteiger partial charge in [-0.2, -0.15) is 0 Å². The summed E-state index contributed by atoms with van der Waals surface area (Å²) in [6, 6.07) is 6.34. The van der Waals surface area contributed by atoms with Crippen molar-refractivity contribution in [2.24, 2.45) is 0 Å². The van der Waals surface area contributed by atoms with Gasteiger partial charge >= 0.3 is 5.97 Å². The van der Waals surface area contributed by atoms with Crippen LogP contribution in [-0.2, 0) is 16.1 Å². The van der Waals surface area contributed by atoms with Gasteiger partial charge in [-0.1, -0.05) is 19.1 Å². The molecule has 18 heavy (non-hydrogen) atoms. The van der Waals surface area contributed by atoms with Gasteiger partial charge in [0.25, 0.3) is 0 Å². The van der Waals surface area contributed by atoms with Crippen LogP contribution in [-0.4, -0.2) is 24.9 Å². The molecule has 1 rings (SSSR count). The maximum atomic E-state index is 11.3. The zero-order chi connectivity index (χ0) is 13.4. The molecule has 0 aliphatic rings. The van der Waals surface area contributed by atoms with Crippen LogP contribution in [0.15, 0.2) is 23.1 Å². The molecule has 0 heterocycles. The molecule has 0 fully saturated rings. The number of aryl methyl sites for hydroxylation is 1. The van der Waals surface area contributed by atoms with Crippen molar-refractivity contribution in [3.63, 3.8) is 0 Å². The van der Waals surface area contributed by atoms with Crippen LogP contribution in [0.1, 0.15) is 25.0 Å². The molecule has 0 amide bonds. The first-order valence-corrected chi connectivity index (χ1v) is 7.24. The smallest absolute Gasteiger partial charge is 0.316 e. The number of carbonyl (C=O) groups excluding carboxylic acids is 1. The average Bonchev–Trinajstić information content (AvgIpc) is 2.35. The van der Waals surface area contributed by atoms with Crippen molar-refractivity contribution in [1.29, 1.82) is 0 Å². The molecule has 1 aromatic carbocycles. The molecule has 1 N–H and O–H groups in total. The number of carbonyl (C=O) groups is 1. The van der Waals surface area contributed by atoms with Gasteiger partial charge in [-0.3, -0.25) is 4.79 Å². The lowest BCUT2D eigenvalue weighted by Crippen LogP contribution is -2.11. The second-order valence-corrected chi connectivity index (χ2v) is 4.99. The molecule has 0 saturated heterocycles. The number of hydrogen-bond acceptors (Lipinski definition) is 4. The topological polar surface area (TPSA) is 38.3 Å². The number of ether oxygens (including phenoxy) is 1. The van der Waals surface area contributed by atoms with Gasteiger partial charge in [-0.05, 0) is 37.6 Å². The molecule has 0 aliphatic heterocycles. The summed E-state index contributed by atoms with van der Waals surface area (Å²) in [6.45, 7) is 8.29. The van der Waals surface area contributed by atoms with E-state index in [2.05, 4.69) is 37.4 Å². The molecule has 1 aromatic rings. The third-order valence-electron chi connectivity index (χ3n) is 2.47. The van der Waals surface area contributed by atoms with Gasteiger partial charge in [0.2, 0.25) is 0 Å². The fourth-order valence-corrected chi connectivity index (χ4v) is 2.40. The standard InChI is InChI=1S/C14H21NO2S/c1-4-15-9-12-6-7-13(11(3)8-12)18-10-14(16)17-5-2/h6-8,15H,4-5,9-10H2,1-3H3. The second-order valence-electron chi connectivity index (χ2n) is 3.97. The lowest BCUT2D eigenvalue weighted by atomic mass is 10.1. The lowest BCUT2D eigenvalue weighted by Gasteiger charge is -2.08. The summed E-state index contributed by atoms with van der Waals surface area (Å²) in [5, 5.41) is 3.30. The zero-order valence-corrected chi connectivity index (χ0v) is 12.1. The maximum absolute atomic E-state index is 11.3. The summed E-state index contributed by atoms with van der Waals surface area (Å²) in [5.74, 6) is 0.222. The highest BCUT2D eigenvalue weighted by Crippen LogP contribution is 2.23. The highest BCUT2D eigenvalue weighted by atomic mass is 32.2. The van der Waals surface area contributed by atoms with Crippen LogP contribution in [0, 0.1) is 6.92 Å². The minimum absolute atomic E-state index is 0.154. The van der Waals surface area contributed by atoms with Crippen molar-refractivity contribution >= 4 is 17.7 Å². The minimum Gasteiger partial charge on any atom is -0.465 e. The molecule has 0 aliphatic carbocycles.